The molecule has 2 aromatic rings. The maximum Gasteiger partial charge on any atom is 0.330 e. The van der Waals surface area contributed by atoms with E-state index in [0.717, 1.165) is 15.3 Å². The minimum absolute atomic E-state index is 0.0569. The summed E-state index contributed by atoms with van der Waals surface area (Å²) in [5.74, 6) is -0.408. The molecule has 1 aromatic carbocycles. The third-order valence-corrected chi connectivity index (χ3v) is 6.33. The van der Waals surface area contributed by atoms with Crippen LogP contribution in [0.3, 0.4) is 0 Å². The van der Waals surface area contributed by atoms with E-state index in [4.69, 9.17) is 0 Å². The molecule has 9 nitrogen and oxygen atoms in total. The van der Waals surface area contributed by atoms with Crippen molar-refractivity contribution < 1.29 is 13.2 Å². The zero-order chi connectivity index (χ0) is 20.5. The van der Waals surface area contributed by atoms with E-state index in [0.29, 0.717) is 5.52 Å². The lowest BCUT2D eigenvalue weighted by Crippen LogP contribution is -2.41. The summed E-state index contributed by atoms with van der Waals surface area (Å²) < 4.78 is 28.7. The molecule has 0 fully saturated rings. The molecule has 2 rings (SSSR count). The van der Waals surface area contributed by atoms with Crippen molar-refractivity contribution in [3.63, 3.8) is 0 Å². The molecule has 0 aliphatic rings. The van der Waals surface area contributed by atoms with Gasteiger partial charge in [0.2, 0.25) is 15.9 Å². The van der Waals surface area contributed by atoms with Crippen molar-refractivity contribution in [3.8, 4) is 0 Å². The number of hydrogen-bond donors (Lipinski definition) is 1. The summed E-state index contributed by atoms with van der Waals surface area (Å²) in [5, 5.41) is 2.82. The molecule has 0 bridgehead atoms. The van der Waals surface area contributed by atoms with Crippen LogP contribution < -0.4 is 16.6 Å². The first kappa shape index (κ1) is 20.8. The number of carbonyl (C=O) groups excluding carboxylic acids is 1. The molecule has 0 saturated carbocycles. The van der Waals surface area contributed by atoms with Crippen LogP contribution >= 0.6 is 0 Å². The summed E-state index contributed by atoms with van der Waals surface area (Å²) in [4.78, 5) is 36.2. The van der Waals surface area contributed by atoms with Gasteiger partial charge in [-0.05, 0) is 31.5 Å². The van der Waals surface area contributed by atoms with Crippen LogP contribution in [0, 0.1) is 0 Å². The Balaban J connectivity index is 2.44. The molecule has 1 amide bonds. The molecule has 0 radical (unpaired) electrons. The topological polar surface area (TPSA) is 110 Å². The van der Waals surface area contributed by atoms with E-state index in [1.807, 2.05) is 13.8 Å². The lowest BCUT2D eigenvalue weighted by molar-refractivity contribution is -0.121. The summed E-state index contributed by atoms with van der Waals surface area (Å²) in [7, 11) is 0.150. The first-order chi connectivity index (χ1) is 12.5. The van der Waals surface area contributed by atoms with Gasteiger partial charge in [-0.15, -0.1) is 0 Å². The van der Waals surface area contributed by atoms with Crippen LogP contribution in [0.2, 0.25) is 0 Å². The van der Waals surface area contributed by atoms with Crippen molar-refractivity contribution in [2.24, 2.45) is 14.1 Å². The number of amides is 1. The Kier molecular flexibility index (Phi) is 5.91. The van der Waals surface area contributed by atoms with E-state index in [9.17, 15) is 22.8 Å². The van der Waals surface area contributed by atoms with E-state index in [-0.39, 0.29) is 22.9 Å². The summed E-state index contributed by atoms with van der Waals surface area (Å²) in [5.41, 5.74) is -0.747. The largest absolute Gasteiger partial charge is 0.353 e. The molecule has 1 N–H and O–H groups in total. The molecule has 1 atom stereocenters. The van der Waals surface area contributed by atoms with Gasteiger partial charge in [-0.25, -0.2) is 13.2 Å². The Morgan fingerprint density at radius 3 is 2.44 bits per heavy atom. The summed E-state index contributed by atoms with van der Waals surface area (Å²) >= 11 is 0. The Bertz CT molecular complexity index is 1100. The molecule has 0 aliphatic heterocycles. The van der Waals surface area contributed by atoms with Crippen LogP contribution in [0.25, 0.3) is 10.9 Å². The normalized spacial score (nSPS) is 13.1. The SMILES string of the molecule is CC[C@@H](C)NC(=O)CN(C)S(=O)(=O)c1ccc2c(c1)c(=O)n(C)c(=O)n2C. The van der Waals surface area contributed by atoms with Gasteiger partial charge in [-0.2, -0.15) is 4.31 Å². The van der Waals surface area contributed by atoms with Crippen LogP contribution in [-0.4, -0.2) is 47.4 Å². The molecule has 148 valence electrons. The van der Waals surface area contributed by atoms with Crippen LogP contribution in [0.1, 0.15) is 20.3 Å². The van der Waals surface area contributed by atoms with Crippen molar-refractivity contribution in [3.05, 3.63) is 39.0 Å². The summed E-state index contributed by atoms with van der Waals surface area (Å²) in [6.45, 7) is 3.40. The average molecular weight is 396 g/mol. The van der Waals surface area contributed by atoms with Gasteiger partial charge in [-0.3, -0.25) is 18.7 Å². The maximum atomic E-state index is 12.8. The average Bonchev–Trinajstić information content (AvgIpc) is 2.63. The zero-order valence-corrected chi connectivity index (χ0v) is 16.8. The highest BCUT2D eigenvalue weighted by atomic mass is 32.2. The van der Waals surface area contributed by atoms with E-state index in [1.54, 1.807) is 0 Å². The van der Waals surface area contributed by atoms with Crippen LogP contribution in [0.5, 0.6) is 0 Å². The van der Waals surface area contributed by atoms with Gasteiger partial charge >= 0.3 is 5.69 Å². The number of likely N-dealkylation sites (N-methyl/N-ethyl adjacent to an activating group) is 1. The molecule has 1 aromatic heterocycles. The van der Waals surface area contributed by atoms with Gasteiger partial charge in [-0.1, -0.05) is 6.92 Å². The number of benzene rings is 1. The third kappa shape index (κ3) is 3.96. The highest BCUT2D eigenvalue weighted by Gasteiger charge is 2.24. The molecular formula is C17H24N4O5S. The Labute approximate surface area is 157 Å². The standard InChI is InChI=1S/C17H24N4O5S/c1-6-11(2)18-15(22)10-19(3)27(25,26)12-7-8-14-13(9-12)16(23)21(5)17(24)20(14)4/h7-9,11H,6,10H2,1-5H3,(H,18,22)/t11-/m1/s1. The number of fused-ring (bicyclic) bond motifs is 1. The quantitative estimate of drug-likeness (QED) is 0.725. The van der Waals surface area contributed by atoms with E-state index in [1.165, 1.54) is 43.9 Å². The number of nitrogens with one attached hydrogen (secondary N) is 1. The lowest BCUT2D eigenvalue weighted by Gasteiger charge is -2.19. The molecule has 0 spiro atoms. The highest BCUT2D eigenvalue weighted by molar-refractivity contribution is 7.89. The number of nitrogens with zero attached hydrogens (tertiary/aromatic N) is 3. The summed E-state index contributed by atoms with van der Waals surface area (Å²) in [6, 6.07) is 3.91. The second-order valence-corrected chi connectivity index (χ2v) is 8.57. The van der Waals surface area contributed by atoms with Gasteiger partial charge in [0, 0.05) is 27.2 Å². The minimum atomic E-state index is -3.98. The lowest BCUT2D eigenvalue weighted by atomic mass is 10.2. The van der Waals surface area contributed by atoms with Crippen molar-refractivity contribution in [1.82, 2.24) is 18.8 Å². The Morgan fingerprint density at radius 1 is 1.22 bits per heavy atom. The van der Waals surface area contributed by atoms with Crippen LogP contribution in [0.4, 0.5) is 0 Å². The number of sulfonamides is 1. The predicted octanol–water partition coefficient (Wildman–Crippen LogP) is -0.228. The van der Waals surface area contributed by atoms with Crippen molar-refractivity contribution >= 4 is 26.8 Å². The fraction of sp³-hybridized carbons (Fsp3) is 0.471. The van der Waals surface area contributed by atoms with Gasteiger partial charge in [0.25, 0.3) is 5.56 Å². The second kappa shape index (κ2) is 7.65. The molecule has 0 unspecified atom stereocenters. The Hall–Kier alpha value is -2.46. The highest BCUT2D eigenvalue weighted by Crippen LogP contribution is 2.18. The van der Waals surface area contributed by atoms with E-state index < -0.39 is 27.2 Å². The molecule has 1 heterocycles. The maximum absolute atomic E-state index is 12.8. The molecule has 10 heteroatoms. The number of rotatable bonds is 6. The van der Waals surface area contributed by atoms with Crippen LogP contribution in [0.15, 0.2) is 32.7 Å². The van der Waals surface area contributed by atoms with Gasteiger partial charge in [0.15, 0.2) is 0 Å². The fourth-order valence-electron chi connectivity index (χ4n) is 2.62. The van der Waals surface area contributed by atoms with Gasteiger partial charge in [0.05, 0.1) is 22.3 Å². The predicted molar refractivity (Wildman–Crippen MR) is 102 cm³/mol. The number of carbonyl (C=O) groups is 1. The first-order valence-electron chi connectivity index (χ1n) is 8.46. The van der Waals surface area contributed by atoms with Gasteiger partial charge in [0.1, 0.15) is 0 Å². The smallest absolute Gasteiger partial charge is 0.330 e. The zero-order valence-electron chi connectivity index (χ0n) is 16.0. The molecular weight excluding hydrogens is 372 g/mol. The second-order valence-electron chi connectivity index (χ2n) is 6.52. The van der Waals surface area contributed by atoms with Crippen molar-refractivity contribution in [2.75, 3.05) is 13.6 Å². The third-order valence-electron chi connectivity index (χ3n) is 4.53. The van der Waals surface area contributed by atoms with Crippen LogP contribution in [-0.2, 0) is 28.9 Å². The number of aromatic nitrogens is 2. The number of hydrogen-bond acceptors (Lipinski definition) is 5. The van der Waals surface area contributed by atoms with Crippen molar-refractivity contribution in [1.29, 1.82) is 0 Å². The molecule has 0 saturated heterocycles. The van der Waals surface area contributed by atoms with Gasteiger partial charge < -0.3 is 5.32 Å². The van der Waals surface area contributed by atoms with E-state index >= 15 is 0 Å². The van der Waals surface area contributed by atoms with E-state index in [2.05, 4.69) is 5.32 Å². The molecule has 0 aliphatic carbocycles. The summed E-state index contributed by atoms with van der Waals surface area (Å²) in [6.07, 6.45) is 0.731. The Morgan fingerprint density at radius 2 is 1.85 bits per heavy atom. The monoisotopic (exact) mass is 396 g/mol. The number of aryl methyl sites for hydroxylation is 1. The minimum Gasteiger partial charge on any atom is -0.353 e. The van der Waals surface area contributed by atoms with Crippen molar-refractivity contribution in [2.45, 2.75) is 31.2 Å². The molecule has 27 heavy (non-hydrogen) atoms. The fourth-order valence-corrected chi connectivity index (χ4v) is 3.78. The first-order valence-corrected chi connectivity index (χ1v) is 9.90.